The first-order chi connectivity index (χ1) is 10.6. The minimum absolute atomic E-state index is 0.294. The van der Waals surface area contributed by atoms with Crippen LogP contribution in [0.4, 0.5) is 5.69 Å². The molecule has 116 valence electrons. The van der Waals surface area contributed by atoms with E-state index in [1.54, 1.807) is 38.6 Å². The molecule has 2 rings (SSSR count). The van der Waals surface area contributed by atoms with Gasteiger partial charge in [-0.3, -0.25) is 0 Å². The fraction of sp³-hybridized carbons (Fsp3) is 0.200. The predicted octanol–water partition coefficient (Wildman–Crippen LogP) is 2.68. The summed E-state index contributed by atoms with van der Waals surface area (Å²) in [7, 11) is 3.16. The van der Waals surface area contributed by atoms with E-state index in [4.69, 9.17) is 26.8 Å². The van der Waals surface area contributed by atoms with Gasteiger partial charge in [-0.15, -0.1) is 0 Å². The third-order valence-corrected chi connectivity index (χ3v) is 3.10. The molecule has 0 spiro atoms. The Morgan fingerprint density at radius 3 is 2.64 bits per heavy atom. The number of benzene rings is 1. The quantitative estimate of drug-likeness (QED) is 0.503. The highest BCUT2D eigenvalue weighted by molar-refractivity contribution is 6.29. The summed E-state index contributed by atoms with van der Waals surface area (Å²) in [5.74, 6) is 1.56. The molecule has 0 aliphatic carbocycles. The predicted molar refractivity (Wildman–Crippen MR) is 87.7 cm³/mol. The molecule has 0 saturated heterocycles. The van der Waals surface area contributed by atoms with Crippen LogP contribution in [0.25, 0.3) is 0 Å². The van der Waals surface area contributed by atoms with Crippen LogP contribution in [0.15, 0.2) is 41.5 Å². The Hall–Kier alpha value is -2.47. The zero-order valence-electron chi connectivity index (χ0n) is 12.3. The van der Waals surface area contributed by atoms with Gasteiger partial charge in [-0.1, -0.05) is 17.7 Å². The van der Waals surface area contributed by atoms with Gasteiger partial charge in [0.1, 0.15) is 5.15 Å². The first-order valence-corrected chi connectivity index (χ1v) is 6.89. The van der Waals surface area contributed by atoms with Crippen LogP contribution in [0.2, 0.25) is 5.15 Å². The van der Waals surface area contributed by atoms with Crippen LogP contribution < -0.4 is 20.5 Å². The summed E-state index contributed by atoms with van der Waals surface area (Å²) in [5, 5.41) is 3.44. The summed E-state index contributed by atoms with van der Waals surface area (Å²) in [4.78, 5) is 8.23. The van der Waals surface area contributed by atoms with Crippen molar-refractivity contribution >= 4 is 23.2 Å². The van der Waals surface area contributed by atoms with Crippen LogP contribution in [0, 0.1) is 0 Å². The van der Waals surface area contributed by atoms with Gasteiger partial charge in [-0.2, -0.15) is 0 Å². The van der Waals surface area contributed by atoms with Gasteiger partial charge in [0.05, 0.1) is 20.8 Å². The lowest BCUT2D eigenvalue weighted by Crippen LogP contribution is -2.22. The van der Waals surface area contributed by atoms with Gasteiger partial charge >= 0.3 is 0 Å². The van der Waals surface area contributed by atoms with Gasteiger partial charge < -0.3 is 20.5 Å². The largest absolute Gasteiger partial charge is 0.493 e. The van der Waals surface area contributed by atoms with Crippen LogP contribution in [0.3, 0.4) is 0 Å². The summed E-state index contributed by atoms with van der Waals surface area (Å²) in [6, 6.07) is 8.96. The number of rotatable bonds is 5. The Bertz CT molecular complexity index is 659. The highest BCUT2D eigenvalue weighted by Crippen LogP contribution is 2.29. The third-order valence-electron chi connectivity index (χ3n) is 2.88. The standard InChI is InChI=1S/C15H17ClN4O2/c1-21-12-5-4-11(7-13(12)22-2)20-15(17)19-9-10-3-6-14(16)18-8-10/h3-8H,9H2,1-2H3,(H3,17,19,20). The summed E-state index contributed by atoms with van der Waals surface area (Å²) in [5.41, 5.74) is 7.54. The van der Waals surface area contributed by atoms with Gasteiger partial charge in [0.25, 0.3) is 0 Å². The van der Waals surface area contributed by atoms with Gasteiger partial charge in [0, 0.05) is 18.0 Å². The second-order valence-electron chi connectivity index (χ2n) is 4.39. The lowest BCUT2D eigenvalue weighted by Gasteiger charge is -2.10. The van der Waals surface area contributed by atoms with Crippen molar-refractivity contribution < 1.29 is 9.47 Å². The van der Waals surface area contributed by atoms with Crippen molar-refractivity contribution in [2.75, 3.05) is 19.5 Å². The van der Waals surface area contributed by atoms with Gasteiger partial charge in [0.15, 0.2) is 17.5 Å². The molecule has 0 aliphatic rings. The molecule has 0 saturated carbocycles. The number of halogens is 1. The SMILES string of the molecule is COc1ccc(NC(N)=NCc2ccc(Cl)nc2)cc1OC. The zero-order valence-corrected chi connectivity index (χ0v) is 13.1. The number of hydrogen-bond donors (Lipinski definition) is 2. The van der Waals surface area contributed by atoms with Crippen LogP contribution in [0.1, 0.15) is 5.56 Å². The van der Waals surface area contributed by atoms with Gasteiger partial charge in [-0.05, 0) is 23.8 Å². The van der Waals surface area contributed by atoms with E-state index in [9.17, 15) is 0 Å². The number of aromatic nitrogens is 1. The molecule has 0 atom stereocenters. The van der Waals surface area contributed by atoms with Crippen molar-refractivity contribution in [3.05, 3.63) is 47.2 Å². The molecular formula is C15H17ClN4O2. The molecule has 1 heterocycles. The molecule has 1 aromatic carbocycles. The van der Waals surface area contributed by atoms with Crippen molar-refractivity contribution in [3.63, 3.8) is 0 Å². The number of ether oxygens (including phenoxy) is 2. The van der Waals surface area contributed by atoms with E-state index >= 15 is 0 Å². The highest BCUT2D eigenvalue weighted by atomic mass is 35.5. The maximum atomic E-state index is 5.87. The number of nitrogens with zero attached hydrogens (tertiary/aromatic N) is 2. The van der Waals surface area contributed by atoms with Crippen molar-refractivity contribution in [2.24, 2.45) is 10.7 Å². The molecule has 1 aromatic heterocycles. The van der Waals surface area contributed by atoms with Crippen LogP contribution in [0.5, 0.6) is 11.5 Å². The highest BCUT2D eigenvalue weighted by Gasteiger charge is 2.05. The van der Waals surface area contributed by atoms with Crippen LogP contribution in [-0.2, 0) is 6.54 Å². The van der Waals surface area contributed by atoms with Gasteiger partial charge in [0.2, 0.25) is 0 Å². The number of methoxy groups -OCH3 is 2. The van der Waals surface area contributed by atoms with Crippen molar-refractivity contribution in [1.82, 2.24) is 4.98 Å². The maximum Gasteiger partial charge on any atom is 0.193 e. The number of nitrogens with one attached hydrogen (secondary N) is 1. The monoisotopic (exact) mass is 320 g/mol. The average molecular weight is 321 g/mol. The summed E-state index contributed by atoms with van der Waals surface area (Å²) < 4.78 is 10.4. The average Bonchev–Trinajstić information content (AvgIpc) is 2.54. The first-order valence-electron chi connectivity index (χ1n) is 6.51. The van der Waals surface area contributed by atoms with E-state index in [0.717, 1.165) is 11.3 Å². The number of guanidine groups is 1. The van der Waals surface area contributed by atoms with Crippen LogP contribution >= 0.6 is 11.6 Å². The molecule has 6 nitrogen and oxygen atoms in total. The third kappa shape index (κ3) is 4.26. The fourth-order valence-electron chi connectivity index (χ4n) is 1.78. The Kier molecular flexibility index (Phi) is 5.43. The van der Waals surface area contributed by atoms with E-state index in [1.165, 1.54) is 0 Å². The number of nitrogens with two attached hydrogens (primary N) is 1. The number of pyridine rings is 1. The van der Waals surface area contributed by atoms with E-state index in [0.29, 0.717) is 29.2 Å². The van der Waals surface area contributed by atoms with Crippen molar-refractivity contribution in [3.8, 4) is 11.5 Å². The molecule has 2 aromatic rings. The number of aliphatic imine (C=N–C) groups is 1. The van der Waals surface area contributed by atoms with Crippen molar-refractivity contribution in [2.45, 2.75) is 6.54 Å². The molecule has 0 radical (unpaired) electrons. The summed E-state index contributed by atoms with van der Waals surface area (Å²) >= 11 is 5.73. The summed E-state index contributed by atoms with van der Waals surface area (Å²) in [6.07, 6.45) is 1.66. The molecule has 0 aliphatic heterocycles. The minimum atomic E-state index is 0.294. The minimum Gasteiger partial charge on any atom is -0.493 e. The Morgan fingerprint density at radius 1 is 1.23 bits per heavy atom. The molecule has 7 heteroatoms. The second kappa shape index (κ2) is 7.51. The first kappa shape index (κ1) is 15.9. The lowest BCUT2D eigenvalue weighted by molar-refractivity contribution is 0.355. The Morgan fingerprint density at radius 2 is 2.00 bits per heavy atom. The molecular weight excluding hydrogens is 304 g/mol. The molecule has 22 heavy (non-hydrogen) atoms. The molecule has 0 unspecified atom stereocenters. The Balaban J connectivity index is 2.03. The van der Waals surface area contributed by atoms with E-state index in [1.807, 2.05) is 12.1 Å². The van der Waals surface area contributed by atoms with E-state index in [-0.39, 0.29) is 0 Å². The fourth-order valence-corrected chi connectivity index (χ4v) is 1.89. The van der Waals surface area contributed by atoms with Crippen LogP contribution in [-0.4, -0.2) is 25.2 Å². The summed E-state index contributed by atoms with van der Waals surface area (Å²) in [6.45, 7) is 0.413. The molecule has 0 fully saturated rings. The van der Waals surface area contributed by atoms with E-state index < -0.39 is 0 Å². The molecule has 3 N–H and O–H groups in total. The van der Waals surface area contributed by atoms with E-state index in [2.05, 4.69) is 15.3 Å². The van der Waals surface area contributed by atoms with Crippen molar-refractivity contribution in [1.29, 1.82) is 0 Å². The maximum absolute atomic E-state index is 5.87. The smallest absolute Gasteiger partial charge is 0.193 e. The number of hydrogen-bond acceptors (Lipinski definition) is 4. The normalized spacial score (nSPS) is 11.1. The molecule has 0 amide bonds. The zero-order chi connectivity index (χ0) is 15.9. The van der Waals surface area contributed by atoms with Gasteiger partial charge in [-0.25, -0.2) is 9.98 Å². The lowest BCUT2D eigenvalue weighted by atomic mass is 10.2. The second-order valence-corrected chi connectivity index (χ2v) is 4.77. The number of anilines is 1. The molecule has 0 bridgehead atoms. The topological polar surface area (TPSA) is 81.8 Å². The Labute approximate surface area is 133 Å².